The Hall–Kier alpha value is -3.14. The van der Waals surface area contributed by atoms with Crippen LogP contribution in [0.4, 0.5) is 4.79 Å². The highest BCUT2D eigenvalue weighted by Gasteiger charge is 2.36. The molecule has 1 aliphatic rings. The van der Waals surface area contributed by atoms with Crippen LogP contribution in [0, 0.1) is 5.92 Å². The van der Waals surface area contributed by atoms with Crippen molar-refractivity contribution in [1.82, 2.24) is 21.0 Å². The maximum atomic E-state index is 12.8. The normalized spacial score (nSPS) is 18.2. The molecule has 10 nitrogen and oxygen atoms in total. The first-order chi connectivity index (χ1) is 15.3. The Balaban J connectivity index is 1.92. The van der Waals surface area contributed by atoms with Gasteiger partial charge >= 0.3 is 6.09 Å². The topological polar surface area (TPSA) is 137 Å². The fraction of sp³-hybridized carbons (Fsp3) is 0.545. The molecule has 0 spiro atoms. The van der Waals surface area contributed by atoms with Gasteiger partial charge in [0.15, 0.2) is 0 Å². The van der Waals surface area contributed by atoms with Crippen LogP contribution in [0.1, 0.15) is 45.6 Å². The van der Waals surface area contributed by atoms with Crippen molar-refractivity contribution in [3.8, 4) is 0 Å². The molecule has 32 heavy (non-hydrogen) atoms. The summed E-state index contributed by atoms with van der Waals surface area (Å²) in [5.74, 6) is -1.98. The highest BCUT2D eigenvalue weighted by molar-refractivity contribution is 5.93. The average Bonchev–Trinajstić information content (AvgIpc) is 3.30. The van der Waals surface area contributed by atoms with E-state index >= 15 is 0 Å². The van der Waals surface area contributed by atoms with Gasteiger partial charge in [-0.2, -0.15) is 0 Å². The van der Waals surface area contributed by atoms with Crippen LogP contribution in [0.3, 0.4) is 0 Å². The molecule has 0 aromatic heterocycles. The van der Waals surface area contributed by atoms with Crippen molar-refractivity contribution < 1.29 is 29.1 Å². The van der Waals surface area contributed by atoms with Crippen molar-refractivity contribution in [2.45, 2.75) is 64.8 Å². The van der Waals surface area contributed by atoms with Gasteiger partial charge < -0.3 is 15.4 Å². The molecule has 4 atom stereocenters. The number of hydrogen-bond acceptors (Lipinski definition) is 6. The lowest BCUT2D eigenvalue weighted by Gasteiger charge is -2.26. The van der Waals surface area contributed by atoms with Crippen molar-refractivity contribution in [3.63, 3.8) is 0 Å². The monoisotopic (exact) mass is 448 g/mol. The minimum Gasteiger partial charge on any atom is -0.445 e. The Morgan fingerprint density at radius 3 is 2.44 bits per heavy atom. The van der Waals surface area contributed by atoms with E-state index in [4.69, 9.17) is 9.94 Å². The lowest BCUT2D eigenvalue weighted by Crippen LogP contribution is -2.56. The number of nitrogens with one attached hydrogen (secondary N) is 3. The first-order valence-corrected chi connectivity index (χ1v) is 10.8. The van der Waals surface area contributed by atoms with Crippen molar-refractivity contribution in [3.05, 3.63) is 35.9 Å². The van der Waals surface area contributed by atoms with Crippen molar-refractivity contribution in [2.24, 2.45) is 5.92 Å². The second-order valence-electron chi connectivity index (χ2n) is 7.97. The van der Waals surface area contributed by atoms with Crippen LogP contribution in [0.15, 0.2) is 30.3 Å². The number of amides is 4. The van der Waals surface area contributed by atoms with E-state index in [1.807, 2.05) is 37.3 Å². The highest BCUT2D eigenvalue weighted by Crippen LogP contribution is 2.19. The zero-order valence-electron chi connectivity index (χ0n) is 18.7. The Morgan fingerprint density at radius 2 is 1.81 bits per heavy atom. The molecule has 4 N–H and O–H groups in total. The Labute approximate surface area is 187 Å². The van der Waals surface area contributed by atoms with Gasteiger partial charge in [-0.15, -0.1) is 0 Å². The molecule has 0 saturated carbocycles. The molecular formula is C22H32N4O6. The van der Waals surface area contributed by atoms with Crippen LogP contribution in [-0.2, 0) is 25.7 Å². The van der Waals surface area contributed by atoms with Gasteiger partial charge in [-0.1, -0.05) is 50.6 Å². The molecule has 1 aliphatic heterocycles. The fourth-order valence-corrected chi connectivity index (χ4v) is 3.48. The smallest absolute Gasteiger partial charge is 0.410 e. The molecule has 0 radical (unpaired) electrons. The Bertz CT molecular complexity index is 803. The summed E-state index contributed by atoms with van der Waals surface area (Å²) >= 11 is 0. The summed E-state index contributed by atoms with van der Waals surface area (Å²) in [6.45, 7) is 5.60. The number of carbonyl (C=O) groups excluding carboxylic acids is 4. The summed E-state index contributed by atoms with van der Waals surface area (Å²) in [6, 6.07) is 6.62. The third-order valence-corrected chi connectivity index (χ3v) is 5.65. The number of benzene rings is 1. The largest absolute Gasteiger partial charge is 0.445 e. The van der Waals surface area contributed by atoms with Gasteiger partial charge in [0.25, 0.3) is 5.91 Å². The first kappa shape index (κ1) is 25.1. The zero-order chi connectivity index (χ0) is 23.7. The fourth-order valence-electron chi connectivity index (χ4n) is 3.48. The summed E-state index contributed by atoms with van der Waals surface area (Å²) < 4.78 is 5.33. The Morgan fingerprint density at radius 1 is 1.12 bits per heavy atom. The van der Waals surface area contributed by atoms with Gasteiger partial charge in [-0.3, -0.25) is 24.5 Å². The van der Waals surface area contributed by atoms with Crippen molar-refractivity contribution in [2.75, 3.05) is 6.54 Å². The van der Waals surface area contributed by atoms with E-state index in [1.165, 1.54) is 11.8 Å². The number of hydroxylamine groups is 1. The van der Waals surface area contributed by atoms with Gasteiger partial charge in [-0.25, -0.2) is 10.3 Å². The zero-order valence-corrected chi connectivity index (χ0v) is 18.7. The molecule has 1 heterocycles. The van der Waals surface area contributed by atoms with Gasteiger partial charge in [0.2, 0.25) is 11.8 Å². The molecule has 10 heteroatoms. The number of rotatable bonds is 9. The van der Waals surface area contributed by atoms with E-state index in [0.29, 0.717) is 25.8 Å². The summed E-state index contributed by atoms with van der Waals surface area (Å²) in [7, 11) is 0. The van der Waals surface area contributed by atoms with Crippen LogP contribution < -0.4 is 16.1 Å². The van der Waals surface area contributed by atoms with E-state index in [1.54, 1.807) is 12.4 Å². The summed E-state index contributed by atoms with van der Waals surface area (Å²) in [5.41, 5.74) is 2.39. The standard InChI is InChI=1S/C22H32N4O6/c1-4-14(2)18(21(29)25-31)24-19(27)15(3)23-20(28)17-11-8-12-26(17)22(30)32-13-16-9-6-5-7-10-16/h5-7,9-10,14-15,17-18,31H,4,8,11-13H2,1-3H3,(H,23,28)(H,24,27)(H,25,29)/t14-,15-,17-,18-/m0/s1. The molecule has 1 fully saturated rings. The van der Waals surface area contributed by atoms with Gasteiger partial charge in [0.05, 0.1) is 0 Å². The quantitative estimate of drug-likeness (QED) is 0.332. The molecule has 4 amide bonds. The molecule has 2 rings (SSSR count). The van der Waals surface area contributed by atoms with E-state index in [0.717, 1.165) is 5.56 Å². The maximum absolute atomic E-state index is 12.8. The molecule has 1 aromatic rings. The lowest BCUT2D eigenvalue weighted by molar-refractivity contribution is -0.137. The SMILES string of the molecule is CC[C@H](C)[C@H](NC(=O)[C@H](C)NC(=O)[C@@H]1CCCN1C(=O)OCc1ccccc1)C(=O)NO. The number of ether oxygens (including phenoxy) is 1. The summed E-state index contributed by atoms with van der Waals surface area (Å²) in [4.78, 5) is 51.0. The number of nitrogens with zero attached hydrogens (tertiary/aromatic N) is 1. The molecule has 176 valence electrons. The third kappa shape index (κ3) is 6.68. The van der Waals surface area contributed by atoms with Gasteiger partial charge in [-0.05, 0) is 31.2 Å². The predicted octanol–water partition coefficient (Wildman–Crippen LogP) is 1.33. The predicted molar refractivity (Wildman–Crippen MR) is 115 cm³/mol. The molecule has 0 unspecified atom stereocenters. The van der Waals surface area contributed by atoms with E-state index in [-0.39, 0.29) is 12.5 Å². The third-order valence-electron chi connectivity index (χ3n) is 5.65. The second kappa shape index (κ2) is 12.0. The molecule has 1 saturated heterocycles. The van der Waals surface area contributed by atoms with E-state index in [2.05, 4.69) is 10.6 Å². The highest BCUT2D eigenvalue weighted by atomic mass is 16.6. The van der Waals surface area contributed by atoms with Crippen molar-refractivity contribution in [1.29, 1.82) is 0 Å². The van der Waals surface area contributed by atoms with Crippen molar-refractivity contribution >= 4 is 23.8 Å². The summed E-state index contributed by atoms with van der Waals surface area (Å²) in [6.07, 6.45) is 1.12. The minimum atomic E-state index is -0.941. The minimum absolute atomic E-state index is 0.104. The van der Waals surface area contributed by atoms with Crippen LogP contribution in [-0.4, -0.2) is 58.6 Å². The first-order valence-electron chi connectivity index (χ1n) is 10.8. The van der Waals surface area contributed by atoms with Crippen LogP contribution in [0.25, 0.3) is 0 Å². The van der Waals surface area contributed by atoms with Crippen LogP contribution in [0.5, 0.6) is 0 Å². The number of likely N-dealkylation sites (tertiary alicyclic amines) is 1. The van der Waals surface area contributed by atoms with E-state index < -0.39 is 41.9 Å². The molecule has 0 aliphatic carbocycles. The second-order valence-corrected chi connectivity index (χ2v) is 7.97. The average molecular weight is 449 g/mol. The molecular weight excluding hydrogens is 416 g/mol. The maximum Gasteiger partial charge on any atom is 0.410 e. The lowest BCUT2D eigenvalue weighted by atomic mass is 9.98. The molecule has 1 aromatic carbocycles. The van der Waals surface area contributed by atoms with Gasteiger partial charge in [0.1, 0.15) is 24.7 Å². The van der Waals surface area contributed by atoms with Gasteiger partial charge in [0, 0.05) is 6.54 Å². The molecule has 0 bridgehead atoms. The summed E-state index contributed by atoms with van der Waals surface area (Å²) in [5, 5.41) is 14.1. The van der Waals surface area contributed by atoms with Crippen LogP contribution >= 0.6 is 0 Å². The van der Waals surface area contributed by atoms with Crippen LogP contribution in [0.2, 0.25) is 0 Å². The Kier molecular flexibility index (Phi) is 9.45. The number of hydrogen-bond donors (Lipinski definition) is 4. The number of carbonyl (C=O) groups is 4. The van der Waals surface area contributed by atoms with E-state index in [9.17, 15) is 19.2 Å².